The van der Waals surface area contributed by atoms with Crippen LogP contribution in [0.3, 0.4) is 0 Å². The highest BCUT2D eigenvalue weighted by Crippen LogP contribution is 2.41. The molecule has 37 heavy (non-hydrogen) atoms. The van der Waals surface area contributed by atoms with Crippen molar-refractivity contribution in [1.29, 1.82) is 0 Å². The van der Waals surface area contributed by atoms with Gasteiger partial charge in [-0.3, -0.25) is 4.79 Å². The molecular weight excluding hydrogens is 466 g/mol. The maximum Gasteiger partial charge on any atom is 0.272 e. The Labute approximate surface area is 220 Å². The molecule has 3 fully saturated rings. The lowest BCUT2D eigenvalue weighted by Gasteiger charge is -2.38. The standard InChI is InChI=1S/C29H41N5O3/c1-19-27(29(35)34-12-9-24(10-13-34)33-25-11-14-37-18-26(25)36-3)31-20(2)32-28(19)30-17-21-15-23(16-21)22-7-5-4-6-8-22/h4-8,21,23-26,33H,9-18H2,1-3H3,(H,30,31,32)/t21?,23?,25-,26+/m0/s1. The van der Waals surface area contributed by atoms with Gasteiger partial charge in [0, 0.05) is 51.0 Å². The van der Waals surface area contributed by atoms with Crippen LogP contribution in [0.1, 0.15) is 65.5 Å². The number of nitrogens with zero attached hydrogens (tertiary/aromatic N) is 3. The van der Waals surface area contributed by atoms with E-state index in [2.05, 4.69) is 50.9 Å². The van der Waals surface area contributed by atoms with Gasteiger partial charge in [0.2, 0.25) is 0 Å². The summed E-state index contributed by atoms with van der Waals surface area (Å²) in [5, 5.41) is 7.30. The Morgan fingerprint density at radius 1 is 1.11 bits per heavy atom. The van der Waals surface area contributed by atoms with Crippen molar-refractivity contribution in [2.24, 2.45) is 5.92 Å². The van der Waals surface area contributed by atoms with E-state index in [0.29, 0.717) is 42.0 Å². The molecule has 2 aliphatic heterocycles. The van der Waals surface area contributed by atoms with Crippen LogP contribution in [0.2, 0.25) is 0 Å². The lowest BCUT2D eigenvalue weighted by atomic mass is 9.71. The zero-order chi connectivity index (χ0) is 25.8. The van der Waals surface area contributed by atoms with Gasteiger partial charge < -0.3 is 25.0 Å². The van der Waals surface area contributed by atoms with E-state index in [1.54, 1.807) is 7.11 Å². The van der Waals surface area contributed by atoms with E-state index >= 15 is 0 Å². The molecular formula is C29H41N5O3. The van der Waals surface area contributed by atoms with Gasteiger partial charge >= 0.3 is 0 Å². The molecule has 2 saturated heterocycles. The van der Waals surface area contributed by atoms with Crippen LogP contribution in [0.5, 0.6) is 0 Å². The van der Waals surface area contributed by atoms with E-state index in [4.69, 9.17) is 9.47 Å². The van der Waals surface area contributed by atoms with Gasteiger partial charge in [0.15, 0.2) is 0 Å². The molecule has 1 aromatic carbocycles. The maximum atomic E-state index is 13.5. The number of carbonyl (C=O) groups excluding carboxylic acids is 1. The number of benzene rings is 1. The van der Waals surface area contributed by atoms with Crippen LogP contribution in [0.15, 0.2) is 30.3 Å². The number of aromatic nitrogens is 2. The van der Waals surface area contributed by atoms with Crippen molar-refractivity contribution < 1.29 is 14.3 Å². The van der Waals surface area contributed by atoms with Crippen LogP contribution >= 0.6 is 0 Å². The van der Waals surface area contributed by atoms with Crippen molar-refractivity contribution in [2.45, 2.75) is 70.1 Å². The first-order valence-corrected chi connectivity index (χ1v) is 13.8. The molecule has 8 nitrogen and oxygen atoms in total. The maximum absolute atomic E-state index is 13.5. The summed E-state index contributed by atoms with van der Waals surface area (Å²) in [6, 6.07) is 11.5. The molecule has 2 aromatic rings. The highest BCUT2D eigenvalue weighted by molar-refractivity contribution is 5.94. The average molecular weight is 508 g/mol. The van der Waals surface area contributed by atoms with Gasteiger partial charge in [-0.2, -0.15) is 0 Å². The highest BCUT2D eigenvalue weighted by Gasteiger charge is 2.32. The number of hydrogen-bond acceptors (Lipinski definition) is 7. The van der Waals surface area contributed by atoms with Crippen LogP contribution in [0, 0.1) is 19.8 Å². The lowest BCUT2D eigenvalue weighted by molar-refractivity contribution is -0.0533. The van der Waals surface area contributed by atoms with Crippen molar-refractivity contribution in [3.05, 3.63) is 53.0 Å². The van der Waals surface area contributed by atoms with Crippen LogP contribution in [0.25, 0.3) is 0 Å². The summed E-state index contributed by atoms with van der Waals surface area (Å²) in [4.78, 5) is 24.6. The number of nitrogens with one attached hydrogen (secondary N) is 2. The number of hydrogen-bond donors (Lipinski definition) is 2. The zero-order valence-electron chi connectivity index (χ0n) is 22.4. The SMILES string of the molecule is CO[C@@H]1COCC[C@@H]1NC1CCN(C(=O)c2nc(C)nc(NCC3CC(c4ccccc4)C3)c2C)CC1. The molecule has 1 saturated carbocycles. The smallest absolute Gasteiger partial charge is 0.272 e. The number of amides is 1. The molecule has 1 amide bonds. The highest BCUT2D eigenvalue weighted by atomic mass is 16.5. The quantitative estimate of drug-likeness (QED) is 0.563. The van der Waals surface area contributed by atoms with Crippen LogP contribution in [-0.4, -0.2) is 78.9 Å². The fraction of sp³-hybridized carbons (Fsp3) is 0.621. The van der Waals surface area contributed by atoms with E-state index in [1.165, 1.54) is 18.4 Å². The molecule has 2 atom stereocenters. The second-order valence-electron chi connectivity index (χ2n) is 10.9. The van der Waals surface area contributed by atoms with Gasteiger partial charge in [-0.15, -0.1) is 0 Å². The fourth-order valence-electron chi connectivity index (χ4n) is 5.99. The molecule has 1 aliphatic carbocycles. The van der Waals surface area contributed by atoms with E-state index in [1.807, 2.05) is 18.7 Å². The Morgan fingerprint density at radius 3 is 2.59 bits per heavy atom. The fourth-order valence-corrected chi connectivity index (χ4v) is 5.99. The van der Waals surface area contributed by atoms with Gasteiger partial charge in [-0.1, -0.05) is 30.3 Å². The Hall–Kier alpha value is -2.55. The third-order valence-corrected chi connectivity index (χ3v) is 8.36. The summed E-state index contributed by atoms with van der Waals surface area (Å²) < 4.78 is 11.1. The van der Waals surface area contributed by atoms with Crippen molar-refractivity contribution in [1.82, 2.24) is 20.2 Å². The van der Waals surface area contributed by atoms with Crippen LogP contribution in [-0.2, 0) is 9.47 Å². The Kier molecular flexibility index (Phi) is 8.37. The second-order valence-corrected chi connectivity index (χ2v) is 10.9. The van der Waals surface area contributed by atoms with E-state index in [9.17, 15) is 4.79 Å². The monoisotopic (exact) mass is 507 g/mol. The number of piperidine rings is 1. The first kappa shape index (κ1) is 26.1. The molecule has 3 heterocycles. The summed E-state index contributed by atoms with van der Waals surface area (Å²) in [5.41, 5.74) is 2.81. The van der Waals surface area contributed by atoms with Crippen molar-refractivity contribution >= 4 is 11.7 Å². The number of anilines is 1. The molecule has 0 bridgehead atoms. The van der Waals surface area contributed by atoms with E-state index in [0.717, 1.165) is 56.9 Å². The van der Waals surface area contributed by atoms with Crippen molar-refractivity contribution in [3.8, 4) is 0 Å². The molecule has 0 unspecified atom stereocenters. The van der Waals surface area contributed by atoms with Crippen molar-refractivity contribution in [3.63, 3.8) is 0 Å². The molecule has 5 rings (SSSR count). The van der Waals surface area contributed by atoms with Crippen molar-refractivity contribution in [2.75, 3.05) is 45.3 Å². The third-order valence-electron chi connectivity index (χ3n) is 8.36. The van der Waals surface area contributed by atoms with E-state index in [-0.39, 0.29) is 12.0 Å². The Morgan fingerprint density at radius 2 is 1.86 bits per heavy atom. The molecule has 0 spiro atoms. The third kappa shape index (κ3) is 6.13. The number of aryl methyl sites for hydroxylation is 1. The second kappa shape index (κ2) is 11.9. The summed E-state index contributed by atoms with van der Waals surface area (Å²) in [5.74, 6) is 2.72. The zero-order valence-corrected chi connectivity index (χ0v) is 22.4. The minimum atomic E-state index is 0.0121. The summed E-state index contributed by atoms with van der Waals surface area (Å²) in [6.07, 6.45) is 5.29. The molecule has 2 N–H and O–H groups in total. The van der Waals surface area contributed by atoms with Gasteiger partial charge in [0.25, 0.3) is 5.91 Å². The molecule has 0 radical (unpaired) electrons. The van der Waals surface area contributed by atoms with E-state index < -0.39 is 0 Å². The minimum Gasteiger partial charge on any atom is -0.379 e. The number of carbonyl (C=O) groups is 1. The lowest BCUT2D eigenvalue weighted by Crippen LogP contribution is -2.54. The first-order chi connectivity index (χ1) is 18.0. The average Bonchev–Trinajstić information content (AvgIpc) is 2.90. The minimum absolute atomic E-state index is 0.0121. The first-order valence-electron chi connectivity index (χ1n) is 13.8. The number of methoxy groups -OCH3 is 1. The van der Waals surface area contributed by atoms with Gasteiger partial charge in [-0.05, 0) is 63.4 Å². The predicted octanol–water partition coefficient (Wildman–Crippen LogP) is 3.70. The largest absolute Gasteiger partial charge is 0.379 e. The topological polar surface area (TPSA) is 88.6 Å². The summed E-state index contributed by atoms with van der Waals surface area (Å²) >= 11 is 0. The summed E-state index contributed by atoms with van der Waals surface area (Å²) in [7, 11) is 1.75. The van der Waals surface area contributed by atoms with Crippen LogP contribution in [0.4, 0.5) is 5.82 Å². The molecule has 200 valence electrons. The summed E-state index contributed by atoms with van der Waals surface area (Å²) in [6.45, 7) is 7.57. The number of rotatable bonds is 8. The van der Waals surface area contributed by atoms with Crippen LogP contribution < -0.4 is 10.6 Å². The number of likely N-dealkylation sites (tertiary alicyclic amines) is 1. The molecule has 8 heteroatoms. The van der Waals surface area contributed by atoms with Gasteiger partial charge in [-0.25, -0.2) is 9.97 Å². The molecule has 3 aliphatic rings. The Bertz CT molecular complexity index is 1050. The predicted molar refractivity (Wildman–Crippen MR) is 144 cm³/mol. The van der Waals surface area contributed by atoms with Gasteiger partial charge in [0.05, 0.1) is 12.7 Å². The normalized spacial score (nSPS) is 26.5. The molecule has 1 aromatic heterocycles. The van der Waals surface area contributed by atoms with Gasteiger partial charge in [0.1, 0.15) is 17.3 Å². The Balaban J connectivity index is 1.14. The number of ether oxygens (including phenoxy) is 2.